The van der Waals surface area contributed by atoms with Gasteiger partial charge in [-0.2, -0.15) is 0 Å². The fraction of sp³-hybridized carbons (Fsp3) is 0.250. The number of hydrogen-bond acceptors (Lipinski definition) is 7. The number of aromatic nitrogens is 3. The summed E-state index contributed by atoms with van der Waals surface area (Å²) in [7, 11) is 0. The molecule has 1 aromatic carbocycles. The summed E-state index contributed by atoms with van der Waals surface area (Å²) in [6.45, 7) is 3.98. The van der Waals surface area contributed by atoms with Gasteiger partial charge in [-0.3, -0.25) is 4.79 Å². The van der Waals surface area contributed by atoms with Gasteiger partial charge in [0.15, 0.2) is 5.82 Å². The first-order valence-electron chi connectivity index (χ1n) is 10.7. The highest BCUT2D eigenvalue weighted by atomic mass is 32.1. The predicted octanol–water partition coefficient (Wildman–Crippen LogP) is 5.88. The van der Waals surface area contributed by atoms with E-state index in [0.717, 1.165) is 51.4 Å². The Labute approximate surface area is 195 Å². The van der Waals surface area contributed by atoms with E-state index in [-0.39, 0.29) is 5.91 Å². The summed E-state index contributed by atoms with van der Waals surface area (Å²) in [6, 6.07) is 15.8. The molecule has 0 atom stereocenters. The van der Waals surface area contributed by atoms with E-state index < -0.39 is 0 Å². The van der Waals surface area contributed by atoms with Crippen molar-refractivity contribution in [3.63, 3.8) is 0 Å². The quantitative estimate of drug-likeness (QED) is 0.402. The van der Waals surface area contributed by atoms with Crippen LogP contribution in [-0.2, 0) is 0 Å². The van der Waals surface area contributed by atoms with Crippen molar-refractivity contribution in [2.24, 2.45) is 0 Å². The molecular weight excluding hydrogens is 438 g/mol. The van der Waals surface area contributed by atoms with Crippen LogP contribution in [0.5, 0.6) is 0 Å². The summed E-state index contributed by atoms with van der Waals surface area (Å²) in [5, 5.41) is 14.7. The Bertz CT molecular complexity index is 1190. The van der Waals surface area contributed by atoms with Crippen molar-refractivity contribution in [3.8, 4) is 21.1 Å². The van der Waals surface area contributed by atoms with E-state index in [2.05, 4.69) is 25.4 Å². The Kier molecular flexibility index (Phi) is 5.96. The highest BCUT2D eigenvalue weighted by molar-refractivity contribution is 7.22. The normalized spacial score (nSPS) is 13.8. The number of piperidine rings is 1. The van der Waals surface area contributed by atoms with Gasteiger partial charge in [0.1, 0.15) is 9.88 Å². The van der Waals surface area contributed by atoms with Crippen LogP contribution in [-0.4, -0.2) is 34.2 Å². The zero-order chi connectivity index (χ0) is 21.9. The summed E-state index contributed by atoms with van der Waals surface area (Å²) >= 11 is 3.05. The van der Waals surface area contributed by atoms with E-state index in [4.69, 9.17) is 0 Å². The van der Waals surface area contributed by atoms with Crippen molar-refractivity contribution >= 4 is 40.1 Å². The first-order valence-corrected chi connectivity index (χ1v) is 12.4. The largest absolute Gasteiger partial charge is 0.355 e. The van der Waals surface area contributed by atoms with E-state index >= 15 is 0 Å². The summed E-state index contributed by atoms with van der Waals surface area (Å²) in [5.41, 5.74) is 3.27. The van der Waals surface area contributed by atoms with Crippen LogP contribution in [0.25, 0.3) is 21.1 Å². The van der Waals surface area contributed by atoms with Gasteiger partial charge in [0, 0.05) is 24.3 Å². The number of carbonyl (C=O) groups is 1. The molecule has 0 bridgehead atoms. The van der Waals surface area contributed by atoms with Gasteiger partial charge in [-0.25, -0.2) is 4.98 Å². The second kappa shape index (κ2) is 9.18. The van der Waals surface area contributed by atoms with Crippen LogP contribution in [0.1, 0.15) is 34.6 Å². The number of benzene rings is 1. The molecule has 1 aliphatic rings. The van der Waals surface area contributed by atoms with Crippen molar-refractivity contribution in [3.05, 3.63) is 64.5 Å². The molecule has 0 radical (unpaired) electrons. The van der Waals surface area contributed by atoms with E-state index in [0.29, 0.717) is 4.88 Å². The van der Waals surface area contributed by atoms with Crippen molar-refractivity contribution < 1.29 is 4.79 Å². The molecular formula is C24H23N5OS2. The van der Waals surface area contributed by atoms with Gasteiger partial charge < -0.3 is 10.2 Å². The number of rotatable bonds is 5. The third-order valence-electron chi connectivity index (χ3n) is 5.50. The van der Waals surface area contributed by atoms with Crippen molar-refractivity contribution in [2.45, 2.75) is 26.2 Å². The lowest BCUT2D eigenvalue weighted by molar-refractivity contribution is 0.103. The van der Waals surface area contributed by atoms with Crippen molar-refractivity contribution in [1.29, 1.82) is 0 Å². The van der Waals surface area contributed by atoms with Crippen LogP contribution in [0, 0.1) is 6.92 Å². The number of anilines is 2. The number of thiophene rings is 1. The Morgan fingerprint density at radius 3 is 2.50 bits per heavy atom. The van der Waals surface area contributed by atoms with E-state index in [1.165, 1.54) is 30.6 Å². The smallest absolute Gasteiger partial charge is 0.267 e. The monoisotopic (exact) mass is 461 g/mol. The molecule has 0 unspecified atom stereocenters. The minimum Gasteiger partial charge on any atom is -0.355 e. The van der Waals surface area contributed by atoms with Gasteiger partial charge >= 0.3 is 0 Å². The predicted molar refractivity (Wildman–Crippen MR) is 132 cm³/mol. The molecule has 1 amide bonds. The number of amides is 1. The SMILES string of the molecule is Cc1nc(-c2cccs2)sc1C(=O)Nc1ccc(-c2ccc(N3CCCCC3)nn2)cc1. The third-order valence-corrected chi connectivity index (χ3v) is 7.70. The Balaban J connectivity index is 1.26. The highest BCUT2D eigenvalue weighted by Gasteiger charge is 2.17. The van der Waals surface area contributed by atoms with Gasteiger partial charge in [0.25, 0.3) is 5.91 Å². The Morgan fingerprint density at radius 2 is 1.81 bits per heavy atom. The zero-order valence-corrected chi connectivity index (χ0v) is 19.4. The second-order valence-electron chi connectivity index (χ2n) is 7.77. The van der Waals surface area contributed by atoms with Gasteiger partial charge in [-0.1, -0.05) is 18.2 Å². The molecule has 5 rings (SSSR count). The second-order valence-corrected chi connectivity index (χ2v) is 9.71. The van der Waals surface area contributed by atoms with Gasteiger partial charge in [-0.05, 0) is 61.9 Å². The molecule has 6 nitrogen and oxygen atoms in total. The number of carbonyl (C=O) groups excluding carboxylic acids is 1. The number of nitrogens with one attached hydrogen (secondary N) is 1. The molecule has 162 valence electrons. The number of nitrogens with zero attached hydrogens (tertiary/aromatic N) is 4. The van der Waals surface area contributed by atoms with Crippen molar-refractivity contribution in [1.82, 2.24) is 15.2 Å². The van der Waals surface area contributed by atoms with Crippen LogP contribution in [0.3, 0.4) is 0 Å². The van der Waals surface area contributed by atoms with Crippen LogP contribution < -0.4 is 10.2 Å². The third kappa shape index (κ3) is 4.42. The molecule has 4 aromatic rings. The molecule has 1 N–H and O–H groups in total. The summed E-state index contributed by atoms with van der Waals surface area (Å²) in [5.74, 6) is 0.806. The van der Waals surface area contributed by atoms with E-state index in [1.807, 2.05) is 60.8 Å². The Hall–Kier alpha value is -3.10. The molecule has 1 aliphatic heterocycles. The molecule has 3 aromatic heterocycles. The summed E-state index contributed by atoms with van der Waals surface area (Å²) in [4.78, 5) is 21.4. The van der Waals surface area contributed by atoms with Crippen LogP contribution in [0.2, 0.25) is 0 Å². The van der Waals surface area contributed by atoms with Gasteiger partial charge in [0.05, 0.1) is 16.3 Å². The molecule has 0 saturated carbocycles. The standard InChI is InChI=1S/C24H23N5OS2/c1-16-22(32-24(25-16)20-6-5-15-31-20)23(30)26-18-9-7-17(8-10-18)19-11-12-21(28-27-19)29-13-3-2-4-14-29/h5-12,15H,2-4,13-14H2,1H3,(H,26,30). The topological polar surface area (TPSA) is 71.0 Å². The molecule has 0 aliphatic carbocycles. The van der Waals surface area contributed by atoms with Crippen LogP contribution in [0.4, 0.5) is 11.5 Å². The maximum absolute atomic E-state index is 12.8. The molecule has 1 fully saturated rings. The average molecular weight is 462 g/mol. The maximum Gasteiger partial charge on any atom is 0.267 e. The van der Waals surface area contributed by atoms with E-state index in [9.17, 15) is 4.79 Å². The molecule has 0 spiro atoms. The Morgan fingerprint density at radius 1 is 1.00 bits per heavy atom. The van der Waals surface area contributed by atoms with Crippen molar-refractivity contribution in [2.75, 3.05) is 23.3 Å². The fourth-order valence-electron chi connectivity index (χ4n) is 3.80. The summed E-state index contributed by atoms with van der Waals surface area (Å²) < 4.78 is 0. The van der Waals surface area contributed by atoms with Gasteiger partial charge in [-0.15, -0.1) is 32.9 Å². The van der Waals surface area contributed by atoms with Crippen LogP contribution >= 0.6 is 22.7 Å². The lowest BCUT2D eigenvalue weighted by Crippen LogP contribution is -2.30. The molecule has 4 heterocycles. The highest BCUT2D eigenvalue weighted by Crippen LogP contribution is 2.31. The zero-order valence-electron chi connectivity index (χ0n) is 17.7. The number of thiazole rings is 1. The maximum atomic E-state index is 12.8. The first kappa shape index (κ1) is 20.8. The lowest BCUT2D eigenvalue weighted by Gasteiger charge is -2.27. The van der Waals surface area contributed by atoms with Crippen LogP contribution in [0.15, 0.2) is 53.9 Å². The number of aryl methyl sites for hydroxylation is 1. The minimum absolute atomic E-state index is 0.138. The van der Waals surface area contributed by atoms with E-state index in [1.54, 1.807) is 11.3 Å². The first-order chi connectivity index (χ1) is 15.7. The lowest BCUT2D eigenvalue weighted by atomic mass is 10.1. The average Bonchev–Trinajstić information content (AvgIpc) is 3.50. The van der Waals surface area contributed by atoms with Gasteiger partial charge in [0.2, 0.25) is 0 Å². The minimum atomic E-state index is -0.138. The summed E-state index contributed by atoms with van der Waals surface area (Å²) in [6.07, 6.45) is 3.73. The molecule has 32 heavy (non-hydrogen) atoms. The molecule has 8 heteroatoms. The fourth-order valence-corrected chi connectivity index (χ4v) is 5.55. The number of hydrogen-bond donors (Lipinski definition) is 1. The molecule has 1 saturated heterocycles.